The molecule has 2 aromatic rings. The summed E-state index contributed by atoms with van der Waals surface area (Å²) >= 11 is 5.93. The third-order valence-corrected chi connectivity index (χ3v) is 4.46. The monoisotopic (exact) mass is 355 g/mol. The highest BCUT2D eigenvalue weighted by Crippen LogP contribution is 2.24. The highest BCUT2D eigenvalue weighted by molar-refractivity contribution is 6.30. The number of nitrogens with zero attached hydrogens (tertiary/aromatic N) is 1. The van der Waals surface area contributed by atoms with Crippen molar-refractivity contribution in [2.75, 3.05) is 6.54 Å². The number of carbonyl (C=O) groups is 1. The predicted molar refractivity (Wildman–Crippen MR) is 101 cm³/mol. The maximum Gasteiger partial charge on any atom is 0.315 e. The first kappa shape index (κ1) is 18.8. The fourth-order valence-electron chi connectivity index (χ4n) is 2.48. The third kappa shape index (κ3) is 5.23. The molecule has 1 atom stereocenters. The smallest absolute Gasteiger partial charge is 0.315 e. The van der Waals surface area contributed by atoms with E-state index in [9.17, 15) is 4.79 Å². The second kappa shape index (κ2) is 8.04. The molecule has 0 aliphatic rings. The minimum absolute atomic E-state index is 0.147. The van der Waals surface area contributed by atoms with Gasteiger partial charge < -0.3 is 10.6 Å². The van der Waals surface area contributed by atoms with E-state index in [-0.39, 0.29) is 17.5 Å². The summed E-state index contributed by atoms with van der Waals surface area (Å²) in [5.41, 5.74) is 2.45. The fraction of sp³-hybridized carbons (Fsp3) is 0.300. The Bertz CT molecular complexity index is 761. The molecule has 2 rings (SSSR count). The van der Waals surface area contributed by atoms with Gasteiger partial charge in [0.2, 0.25) is 0 Å². The zero-order chi connectivity index (χ0) is 18.4. The van der Waals surface area contributed by atoms with Crippen molar-refractivity contribution in [1.82, 2.24) is 10.6 Å². The van der Waals surface area contributed by atoms with Crippen molar-refractivity contribution in [3.63, 3.8) is 0 Å². The molecule has 2 aromatic carbocycles. The van der Waals surface area contributed by atoms with Crippen LogP contribution in [0.3, 0.4) is 0 Å². The van der Waals surface area contributed by atoms with E-state index in [2.05, 4.69) is 30.6 Å². The van der Waals surface area contributed by atoms with Crippen LogP contribution in [-0.4, -0.2) is 12.6 Å². The molecule has 2 N–H and O–H groups in total. The van der Waals surface area contributed by atoms with Crippen LogP contribution in [0.1, 0.15) is 43.5 Å². The molecular weight excluding hydrogens is 334 g/mol. The predicted octanol–water partition coefficient (Wildman–Crippen LogP) is 4.55. The van der Waals surface area contributed by atoms with Gasteiger partial charge in [0.15, 0.2) is 0 Å². The van der Waals surface area contributed by atoms with Gasteiger partial charge in [0.05, 0.1) is 17.7 Å². The number of nitrogens with one attached hydrogen (secondary N) is 2. The average Bonchev–Trinajstić information content (AvgIpc) is 2.60. The van der Waals surface area contributed by atoms with Crippen LogP contribution in [0.2, 0.25) is 5.02 Å². The molecule has 25 heavy (non-hydrogen) atoms. The number of amides is 2. The quantitative estimate of drug-likeness (QED) is 0.826. The zero-order valence-electron chi connectivity index (χ0n) is 14.6. The Morgan fingerprint density at radius 3 is 2.32 bits per heavy atom. The number of rotatable bonds is 5. The first-order chi connectivity index (χ1) is 11.8. The van der Waals surface area contributed by atoms with Gasteiger partial charge >= 0.3 is 6.03 Å². The lowest BCUT2D eigenvalue weighted by Gasteiger charge is -2.26. The minimum Gasteiger partial charge on any atom is -0.337 e. The lowest BCUT2D eigenvalue weighted by atomic mass is 9.85. The maximum atomic E-state index is 12.2. The van der Waals surface area contributed by atoms with Crippen molar-refractivity contribution in [2.24, 2.45) is 0 Å². The van der Waals surface area contributed by atoms with Crippen LogP contribution in [0.25, 0.3) is 0 Å². The molecule has 2 amide bonds. The van der Waals surface area contributed by atoms with E-state index in [1.165, 1.54) is 0 Å². The SMILES string of the molecule is CC(NC(=O)NCC(C)(C)c1ccc(Cl)cc1)c1ccc(C#N)cc1. The second-order valence-electron chi connectivity index (χ2n) is 6.67. The second-order valence-corrected chi connectivity index (χ2v) is 7.11. The van der Waals surface area contributed by atoms with Gasteiger partial charge in [-0.15, -0.1) is 0 Å². The third-order valence-electron chi connectivity index (χ3n) is 4.20. The first-order valence-corrected chi connectivity index (χ1v) is 8.50. The Morgan fingerprint density at radius 2 is 1.76 bits per heavy atom. The molecule has 0 heterocycles. The fourth-order valence-corrected chi connectivity index (χ4v) is 2.61. The number of benzene rings is 2. The van der Waals surface area contributed by atoms with Crippen molar-refractivity contribution < 1.29 is 4.79 Å². The molecule has 0 saturated heterocycles. The Balaban J connectivity index is 1.90. The Kier molecular flexibility index (Phi) is 6.06. The minimum atomic E-state index is -0.223. The van der Waals surface area contributed by atoms with Gasteiger partial charge in [-0.3, -0.25) is 0 Å². The van der Waals surface area contributed by atoms with Crippen molar-refractivity contribution in [3.05, 3.63) is 70.2 Å². The normalized spacial score (nSPS) is 12.1. The molecule has 0 aliphatic carbocycles. The number of urea groups is 1. The van der Waals surface area contributed by atoms with Crippen molar-refractivity contribution >= 4 is 17.6 Å². The molecule has 0 fully saturated rings. The zero-order valence-corrected chi connectivity index (χ0v) is 15.4. The summed E-state index contributed by atoms with van der Waals surface area (Å²) in [7, 11) is 0. The molecule has 0 aliphatic heterocycles. The van der Waals surface area contributed by atoms with E-state index in [1.54, 1.807) is 12.1 Å². The van der Waals surface area contributed by atoms with Crippen LogP contribution < -0.4 is 10.6 Å². The Morgan fingerprint density at radius 1 is 1.16 bits per heavy atom. The number of carbonyl (C=O) groups excluding carboxylic acids is 1. The topological polar surface area (TPSA) is 64.9 Å². The van der Waals surface area contributed by atoms with Gasteiger partial charge in [-0.2, -0.15) is 5.26 Å². The summed E-state index contributed by atoms with van der Waals surface area (Å²) in [6.45, 7) is 6.55. The molecule has 5 heteroatoms. The van der Waals surface area contributed by atoms with Crippen molar-refractivity contribution in [3.8, 4) is 6.07 Å². The number of nitriles is 1. The van der Waals surface area contributed by atoms with Crippen LogP contribution in [0, 0.1) is 11.3 Å². The van der Waals surface area contributed by atoms with E-state index in [1.807, 2.05) is 43.3 Å². The summed E-state index contributed by atoms with van der Waals surface area (Å²) < 4.78 is 0. The molecule has 4 nitrogen and oxygen atoms in total. The van der Waals surface area contributed by atoms with Gasteiger partial charge in [-0.25, -0.2) is 4.79 Å². The molecule has 130 valence electrons. The standard InChI is InChI=1S/C20H22ClN3O/c1-14(16-6-4-15(12-22)5-7-16)24-19(25)23-13-20(2,3)17-8-10-18(21)11-9-17/h4-11,14H,13H2,1-3H3,(H2,23,24,25). The highest BCUT2D eigenvalue weighted by atomic mass is 35.5. The molecule has 0 spiro atoms. The molecule has 0 radical (unpaired) electrons. The molecule has 0 bridgehead atoms. The van der Waals surface area contributed by atoms with Crippen LogP contribution in [0.4, 0.5) is 4.79 Å². The van der Waals surface area contributed by atoms with E-state index < -0.39 is 0 Å². The van der Waals surface area contributed by atoms with E-state index in [0.717, 1.165) is 11.1 Å². The molecule has 0 aromatic heterocycles. The molecule has 1 unspecified atom stereocenters. The summed E-state index contributed by atoms with van der Waals surface area (Å²) in [4.78, 5) is 12.2. The number of hydrogen-bond donors (Lipinski definition) is 2. The largest absolute Gasteiger partial charge is 0.337 e. The van der Waals surface area contributed by atoms with E-state index >= 15 is 0 Å². The number of hydrogen-bond acceptors (Lipinski definition) is 2. The maximum absolute atomic E-state index is 12.2. The van der Waals surface area contributed by atoms with Crippen LogP contribution >= 0.6 is 11.6 Å². The Hall–Kier alpha value is -2.51. The summed E-state index contributed by atoms with van der Waals surface area (Å²) in [6.07, 6.45) is 0. The first-order valence-electron chi connectivity index (χ1n) is 8.12. The van der Waals surface area contributed by atoms with Gasteiger partial charge in [0.25, 0.3) is 0 Å². The Labute approximate surface area is 153 Å². The lowest BCUT2D eigenvalue weighted by molar-refractivity contribution is 0.235. The van der Waals surface area contributed by atoms with Gasteiger partial charge in [-0.1, -0.05) is 49.7 Å². The highest BCUT2D eigenvalue weighted by Gasteiger charge is 2.21. The number of halogens is 1. The summed E-state index contributed by atoms with van der Waals surface area (Å²) in [6, 6.07) is 16.6. The summed E-state index contributed by atoms with van der Waals surface area (Å²) in [5.74, 6) is 0. The van der Waals surface area contributed by atoms with Crippen molar-refractivity contribution in [1.29, 1.82) is 5.26 Å². The van der Waals surface area contributed by atoms with Gasteiger partial charge in [0, 0.05) is 17.0 Å². The van der Waals surface area contributed by atoms with Crippen LogP contribution in [0.15, 0.2) is 48.5 Å². The molecule has 0 saturated carbocycles. The van der Waals surface area contributed by atoms with E-state index in [0.29, 0.717) is 17.1 Å². The van der Waals surface area contributed by atoms with Crippen LogP contribution in [-0.2, 0) is 5.41 Å². The summed E-state index contributed by atoms with van der Waals surface area (Å²) in [5, 5.41) is 15.4. The van der Waals surface area contributed by atoms with Gasteiger partial charge in [0.1, 0.15) is 0 Å². The average molecular weight is 356 g/mol. The van der Waals surface area contributed by atoms with Crippen molar-refractivity contribution in [2.45, 2.75) is 32.2 Å². The van der Waals surface area contributed by atoms with E-state index in [4.69, 9.17) is 16.9 Å². The molecular formula is C20H22ClN3O. The van der Waals surface area contributed by atoms with Gasteiger partial charge in [-0.05, 0) is 42.3 Å². The van der Waals surface area contributed by atoms with Crippen LogP contribution in [0.5, 0.6) is 0 Å². The lowest BCUT2D eigenvalue weighted by Crippen LogP contribution is -2.43.